The molecule has 0 spiro atoms. The van der Waals surface area contributed by atoms with Gasteiger partial charge in [-0.25, -0.2) is 0 Å². The average Bonchev–Trinajstić information content (AvgIpc) is 2.81. The van der Waals surface area contributed by atoms with Gasteiger partial charge in [0.15, 0.2) is 0 Å². The van der Waals surface area contributed by atoms with E-state index in [1.807, 2.05) is 0 Å². The summed E-state index contributed by atoms with van der Waals surface area (Å²) >= 11 is 0. The molecule has 0 saturated carbocycles. The Balaban J connectivity index is 2.32. The SMILES string of the molecule is CCC(OC)C1(COC)c2ccccc2-c2ccccc21. The summed E-state index contributed by atoms with van der Waals surface area (Å²) in [5.41, 5.74) is 5.04. The van der Waals surface area contributed by atoms with Gasteiger partial charge in [-0.2, -0.15) is 0 Å². The molecule has 1 aliphatic rings. The number of fused-ring (bicyclic) bond motifs is 3. The fourth-order valence-electron chi connectivity index (χ4n) is 3.90. The van der Waals surface area contributed by atoms with Crippen molar-refractivity contribution in [1.29, 1.82) is 0 Å². The van der Waals surface area contributed by atoms with E-state index in [9.17, 15) is 0 Å². The van der Waals surface area contributed by atoms with Gasteiger partial charge in [-0.1, -0.05) is 55.5 Å². The molecular weight excluding hydrogens is 260 g/mol. The monoisotopic (exact) mass is 282 g/mol. The molecule has 0 N–H and O–H groups in total. The summed E-state index contributed by atoms with van der Waals surface area (Å²) in [4.78, 5) is 0. The first-order valence-electron chi connectivity index (χ1n) is 7.50. The fourth-order valence-corrected chi connectivity index (χ4v) is 3.90. The lowest BCUT2D eigenvalue weighted by molar-refractivity contribution is 0.00893. The summed E-state index contributed by atoms with van der Waals surface area (Å²) < 4.78 is 11.5. The number of ether oxygens (including phenoxy) is 2. The molecular formula is C19H22O2. The maximum Gasteiger partial charge on any atom is 0.0728 e. The van der Waals surface area contributed by atoms with Crippen molar-refractivity contribution >= 4 is 0 Å². The zero-order valence-electron chi connectivity index (χ0n) is 12.9. The molecule has 110 valence electrons. The van der Waals surface area contributed by atoms with Gasteiger partial charge >= 0.3 is 0 Å². The van der Waals surface area contributed by atoms with Crippen LogP contribution in [0.4, 0.5) is 0 Å². The van der Waals surface area contributed by atoms with Gasteiger partial charge in [0.2, 0.25) is 0 Å². The standard InChI is InChI=1S/C19H22O2/c1-4-18(21-3)19(13-20-2)16-11-7-5-9-14(16)15-10-6-8-12-17(15)19/h5-12,18H,4,13H2,1-3H3. The van der Waals surface area contributed by atoms with Crippen molar-refractivity contribution in [3.05, 3.63) is 59.7 Å². The van der Waals surface area contributed by atoms with E-state index in [2.05, 4.69) is 55.5 Å². The Hall–Kier alpha value is -1.64. The molecule has 1 unspecified atom stereocenters. The van der Waals surface area contributed by atoms with Crippen LogP contribution in [0.25, 0.3) is 11.1 Å². The highest BCUT2D eigenvalue weighted by Crippen LogP contribution is 2.51. The van der Waals surface area contributed by atoms with Gasteiger partial charge in [0.05, 0.1) is 18.1 Å². The summed E-state index contributed by atoms with van der Waals surface area (Å²) in [6.07, 6.45) is 1.05. The zero-order valence-corrected chi connectivity index (χ0v) is 12.9. The van der Waals surface area contributed by atoms with Crippen LogP contribution in [0.5, 0.6) is 0 Å². The van der Waals surface area contributed by atoms with E-state index in [1.54, 1.807) is 14.2 Å². The second-order valence-electron chi connectivity index (χ2n) is 5.63. The van der Waals surface area contributed by atoms with Crippen LogP contribution in [0.1, 0.15) is 24.5 Å². The summed E-state index contributed by atoms with van der Waals surface area (Å²) in [7, 11) is 3.57. The van der Waals surface area contributed by atoms with Crippen molar-refractivity contribution in [2.75, 3.05) is 20.8 Å². The average molecular weight is 282 g/mol. The van der Waals surface area contributed by atoms with Crippen molar-refractivity contribution in [1.82, 2.24) is 0 Å². The Kier molecular flexibility index (Phi) is 3.83. The summed E-state index contributed by atoms with van der Waals surface area (Å²) in [6.45, 7) is 2.81. The van der Waals surface area contributed by atoms with Crippen LogP contribution in [0.2, 0.25) is 0 Å². The summed E-state index contributed by atoms with van der Waals surface area (Å²) in [5, 5.41) is 0. The smallest absolute Gasteiger partial charge is 0.0728 e. The van der Waals surface area contributed by atoms with Crippen LogP contribution in [0.3, 0.4) is 0 Å². The Bertz CT molecular complexity index is 583. The van der Waals surface area contributed by atoms with E-state index < -0.39 is 0 Å². The number of methoxy groups -OCH3 is 2. The van der Waals surface area contributed by atoms with Gasteiger partial charge in [-0.15, -0.1) is 0 Å². The Morgan fingerprint density at radius 2 is 1.43 bits per heavy atom. The van der Waals surface area contributed by atoms with E-state index in [-0.39, 0.29) is 11.5 Å². The molecule has 0 aliphatic heterocycles. The lowest BCUT2D eigenvalue weighted by Gasteiger charge is -2.37. The third-order valence-electron chi connectivity index (χ3n) is 4.68. The van der Waals surface area contributed by atoms with Crippen LogP contribution in [0, 0.1) is 0 Å². The normalized spacial score (nSPS) is 16.3. The minimum absolute atomic E-state index is 0.0993. The highest BCUT2D eigenvalue weighted by atomic mass is 16.5. The van der Waals surface area contributed by atoms with Crippen LogP contribution in [-0.4, -0.2) is 26.9 Å². The lowest BCUT2D eigenvalue weighted by Crippen LogP contribution is -2.44. The number of benzene rings is 2. The lowest BCUT2D eigenvalue weighted by atomic mass is 9.73. The predicted octanol–water partition coefficient (Wildman–Crippen LogP) is 4.02. The second-order valence-corrected chi connectivity index (χ2v) is 5.63. The molecule has 21 heavy (non-hydrogen) atoms. The quantitative estimate of drug-likeness (QED) is 0.824. The number of hydrogen-bond donors (Lipinski definition) is 0. The first kappa shape index (κ1) is 14.3. The number of hydrogen-bond acceptors (Lipinski definition) is 2. The summed E-state index contributed by atoms with van der Waals surface area (Å²) in [6, 6.07) is 17.3. The largest absolute Gasteiger partial charge is 0.383 e. The van der Waals surface area contributed by atoms with Gasteiger partial charge < -0.3 is 9.47 Å². The molecule has 2 nitrogen and oxygen atoms in total. The predicted molar refractivity (Wildman–Crippen MR) is 85.6 cm³/mol. The Morgan fingerprint density at radius 3 is 1.86 bits per heavy atom. The van der Waals surface area contributed by atoms with E-state index >= 15 is 0 Å². The molecule has 1 atom stereocenters. The van der Waals surface area contributed by atoms with E-state index in [4.69, 9.17) is 9.47 Å². The van der Waals surface area contributed by atoms with E-state index in [0.717, 1.165) is 6.42 Å². The molecule has 0 aromatic heterocycles. The third-order valence-corrected chi connectivity index (χ3v) is 4.68. The van der Waals surface area contributed by atoms with Gasteiger partial charge in [0.25, 0.3) is 0 Å². The third kappa shape index (κ3) is 1.94. The van der Waals surface area contributed by atoms with E-state index in [0.29, 0.717) is 6.61 Å². The molecule has 0 heterocycles. The molecule has 0 saturated heterocycles. The van der Waals surface area contributed by atoms with Crippen LogP contribution in [0.15, 0.2) is 48.5 Å². The maximum absolute atomic E-state index is 5.87. The van der Waals surface area contributed by atoms with Crippen molar-refractivity contribution < 1.29 is 9.47 Å². The molecule has 3 rings (SSSR count). The molecule has 2 aromatic carbocycles. The highest BCUT2D eigenvalue weighted by Gasteiger charge is 2.48. The summed E-state index contributed by atoms with van der Waals surface area (Å²) in [5.74, 6) is 0. The van der Waals surface area contributed by atoms with Crippen molar-refractivity contribution in [2.24, 2.45) is 0 Å². The first-order chi connectivity index (χ1) is 10.3. The maximum atomic E-state index is 5.87. The van der Waals surface area contributed by atoms with Gasteiger partial charge in [0, 0.05) is 14.2 Å². The van der Waals surface area contributed by atoms with Crippen molar-refractivity contribution in [2.45, 2.75) is 24.9 Å². The van der Waals surface area contributed by atoms with Crippen LogP contribution >= 0.6 is 0 Å². The molecule has 1 aliphatic carbocycles. The molecule has 0 amide bonds. The molecule has 0 fully saturated rings. The second kappa shape index (κ2) is 5.63. The minimum Gasteiger partial charge on any atom is -0.383 e. The van der Waals surface area contributed by atoms with Gasteiger partial charge in [-0.05, 0) is 28.7 Å². The zero-order chi connectivity index (χ0) is 14.9. The first-order valence-corrected chi connectivity index (χ1v) is 7.50. The van der Waals surface area contributed by atoms with Crippen molar-refractivity contribution in [3.63, 3.8) is 0 Å². The van der Waals surface area contributed by atoms with E-state index in [1.165, 1.54) is 22.3 Å². The number of rotatable bonds is 5. The van der Waals surface area contributed by atoms with Gasteiger partial charge in [0.1, 0.15) is 0 Å². The minimum atomic E-state index is -0.217. The Labute approximate surface area is 126 Å². The highest BCUT2D eigenvalue weighted by molar-refractivity contribution is 5.81. The van der Waals surface area contributed by atoms with Crippen LogP contribution in [-0.2, 0) is 14.9 Å². The van der Waals surface area contributed by atoms with Gasteiger partial charge in [-0.3, -0.25) is 0 Å². The molecule has 2 heteroatoms. The fraction of sp³-hybridized carbons (Fsp3) is 0.368. The molecule has 0 bridgehead atoms. The molecule has 2 aromatic rings. The Morgan fingerprint density at radius 1 is 0.905 bits per heavy atom. The topological polar surface area (TPSA) is 18.5 Å². The van der Waals surface area contributed by atoms with Crippen LogP contribution < -0.4 is 0 Å². The van der Waals surface area contributed by atoms with Crippen molar-refractivity contribution in [3.8, 4) is 11.1 Å². The molecule has 0 radical (unpaired) electrons.